The van der Waals surface area contributed by atoms with Gasteiger partial charge in [0.1, 0.15) is 17.6 Å². The predicted molar refractivity (Wildman–Crippen MR) is 89.1 cm³/mol. The van der Waals surface area contributed by atoms with Gasteiger partial charge >= 0.3 is 0 Å². The third-order valence-corrected chi connectivity index (χ3v) is 4.79. The highest BCUT2D eigenvalue weighted by Gasteiger charge is 2.23. The summed E-state index contributed by atoms with van der Waals surface area (Å²) in [5.41, 5.74) is 2.86. The second kappa shape index (κ2) is 5.96. The van der Waals surface area contributed by atoms with Gasteiger partial charge in [-0.1, -0.05) is 0 Å². The molecule has 4 rings (SSSR count). The lowest BCUT2D eigenvalue weighted by atomic mass is 10.1. The van der Waals surface area contributed by atoms with Gasteiger partial charge in [-0.2, -0.15) is 5.26 Å². The van der Waals surface area contributed by atoms with Gasteiger partial charge in [0.2, 0.25) is 5.91 Å². The highest BCUT2D eigenvalue weighted by atomic mass is 16.2. The fourth-order valence-corrected chi connectivity index (χ4v) is 3.59. The molecule has 0 radical (unpaired) electrons. The van der Waals surface area contributed by atoms with Gasteiger partial charge in [0.15, 0.2) is 0 Å². The van der Waals surface area contributed by atoms with Crippen LogP contribution in [0.15, 0.2) is 24.8 Å². The zero-order chi connectivity index (χ0) is 16.5. The average molecular weight is 322 g/mol. The lowest BCUT2D eigenvalue weighted by molar-refractivity contribution is -0.130. The molecule has 1 N–H and O–H groups in total. The maximum Gasteiger partial charge on any atom is 0.236 e. The molecule has 0 aliphatic carbocycles. The SMILES string of the molecule is N#CCC(=O)N1CCCC(n2cnc3cnc4[nH]ccc4c32)CC1. The number of imidazole rings is 1. The Balaban J connectivity index is 1.65. The number of hydrogen-bond donors (Lipinski definition) is 1. The number of rotatable bonds is 2. The number of likely N-dealkylation sites (tertiary alicyclic amines) is 1. The van der Waals surface area contributed by atoms with Crippen molar-refractivity contribution in [2.45, 2.75) is 31.7 Å². The minimum absolute atomic E-state index is 0.0334. The van der Waals surface area contributed by atoms with E-state index in [9.17, 15) is 4.79 Å². The summed E-state index contributed by atoms with van der Waals surface area (Å²) in [7, 11) is 0. The standard InChI is InChI=1S/C17H18N6O/c18-6-3-15(24)22-8-1-2-12(5-9-22)23-11-21-14-10-20-17-13(16(14)23)4-7-19-17/h4,7,10-12H,1-3,5,8-9H2,(H,19,20). The van der Waals surface area contributed by atoms with Crippen LogP contribution < -0.4 is 0 Å². The number of nitriles is 1. The van der Waals surface area contributed by atoms with Crippen LogP contribution in [0, 0.1) is 11.3 Å². The van der Waals surface area contributed by atoms with Crippen LogP contribution in [0.4, 0.5) is 0 Å². The highest BCUT2D eigenvalue weighted by Crippen LogP contribution is 2.30. The molecule has 7 nitrogen and oxygen atoms in total. The van der Waals surface area contributed by atoms with Crippen molar-refractivity contribution in [2.24, 2.45) is 0 Å². The predicted octanol–water partition coefficient (Wildman–Crippen LogP) is 2.38. The number of nitrogens with one attached hydrogen (secondary N) is 1. The molecule has 0 bridgehead atoms. The highest BCUT2D eigenvalue weighted by molar-refractivity contribution is 6.00. The fourth-order valence-electron chi connectivity index (χ4n) is 3.59. The van der Waals surface area contributed by atoms with E-state index in [1.54, 1.807) is 6.20 Å². The van der Waals surface area contributed by atoms with E-state index in [0.717, 1.165) is 47.9 Å². The summed E-state index contributed by atoms with van der Waals surface area (Å²) in [6.07, 6.45) is 8.34. The van der Waals surface area contributed by atoms with Crippen molar-refractivity contribution in [3.8, 4) is 6.07 Å². The van der Waals surface area contributed by atoms with Crippen molar-refractivity contribution in [1.29, 1.82) is 5.26 Å². The van der Waals surface area contributed by atoms with Crippen molar-refractivity contribution in [3.05, 3.63) is 24.8 Å². The number of fused-ring (bicyclic) bond motifs is 3. The molecule has 0 spiro atoms. The van der Waals surface area contributed by atoms with Crippen LogP contribution in [0.25, 0.3) is 22.1 Å². The molecule has 1 aliphatic rings. The number of amides is 1. The summed E-state index contributed by atoms with van der Waals surface area (Å²) in [4.78, 5) is 25.8. The van der Waals surface area contributed by atoms with Crippen LogP contribution in [-0.2, 0) is 4.79 Å². The van der Waals surface area contributed by atoms with Gasteiger partial charge in [-0.15, -0.1) is 0 Å². The van der Waals surface area contributed by atoms with Crippen molar-refractivity contribution >= 4 is 28.0 Å². The number of pyridine rings is 1. The van der Waals surface area contributed by atoms with Gasteiger partial charge in [-0.05, 0) is 25.3 Å². The van der Waals surface area contributed by atoms with E-state index in [2.05, 4.69) is 19.5 Å². The number of aromatic amines is 1. The van der Waals surface area contributed by atoms with Crippen molar-refractivity contribution in [2.75, 3.05) is 13.1 Å². The maximum atomic E-state index is 12.0. The summed E-state index contributed by atoms with van der Waals surface area (Å²) in [5.74, 6) is -0.0640. The van der Waals surface area contributed by atoms with E-state index in [0.29, 0.717) is 12.6 Å². The Hall–Kier alpha value is -2.88. The second-order valence-electron chi connectivity index (χ2n) is 6.18. The monoisotopic (exact) mass is 322 g/mol. The largest absolute Gasteiger partial charge is 0.346 e. The third kappa shape index (κ3) is 2.40. The van der Waals surface area contributed by atoms with Gasteiger partial charge in [0.25, 0.3) is 0 Å². The minimum atomic E-state index is -0.0640. The van der Waals surface area contributed by atoms with E-state index in [1.807, 2.05) is 29.6 Å². The molecule has 0 aromatic carbocycles. The molecule has 7 heteroatoms. The molecule has 122 valence electrons. The Morgan fingerprint density at radius 3 is 3.17 bits per heavy atom. The lowest BCUT2D eigenvalue weighted by Crippen LogP contribution is -2.31. The van der Waals surface area contributed by atoms with Gasteiger partial charge in [-0.25, -0.2) is 9.97 Å². The number of carbonyl (C=O) groups is 1. The van der Waals surface area contributed by atoms with Crippen LogP contribution in [0.5, 0.6) is 0 Å². The number of H-pyrrole nitrogens is 1. The summed E-state index contributed by atoms with van der Waals surface area (Å²) >= 11 is 0. The molecule has 1 saturated heterocycles. The maximum absolute atomic E-state index is 12.0. The van der Waals surface area contributed by atoms with Gasteiger partial charge < -0.3 is 14.5 Å². The van der Waals surface area contributed by atoms with Crippen LogP contribution in [0.1, 0.15) is 31.7 Å². The van der Waals surface area contributed by atoms with Crippen LogP contribution >= 0.6 is 0 Å². The molecular weight excluding hydrogens is 304 g/mol. The normalized spacial score (nSPS) is 18.6. The molecule has 24 heavy (non-hydrogen) atoms. The Labute approximate surface area is 138 Å². The third-order valence-electron chi connectivity index (χ3n) is 4.79. The molecule has 3 aromatic rings. The first kappa shape index (κ1) is 14.7. The molecule has 1 unspecified atom stereocenters. The summed E-state index contributed by atoms with van der Waals surface area (Å²) in [6.45, 7) is 1.41. The van der Waals surface area contributed by atoms with E-state index in [-0.39, 0.29) is 12.3 Å². The van der Waals surface area contributed by atoms with E-state index in [4.69, 9.17) is 5.26 Å². The Kier molecular flexibility index (Phi) is 3.65. The number of hydrogen-bond acceptors (Lipinski definition) is 4. The molecular formula is C17H18N6O. The number of carbonyl (C=O) groups excluding carboxylic acids is 1. The molecule has 1 atom stereocenters. The molecule has 1 aliphatic heterocycles. The minimum Gasteiger partial charge on any atom is -0.346 e. The molecule has 3 aromatic heterocycles. The van der Waals surface area contributed by atoms with Gasteiger partial charge in [0.05, 0.1) is 24.1 Å². The van der Waals surface area contributed by atoms with Gasteiger partial charge in [-0.3, -0.25) is 4.79 Å². The first-order valence-electron chi connectivity index (χ1n) is 8.21. The van der Waals surface area contributed by atoms with E-state index in [1.165, 1.54) is 0 Å². The summed E-state index contributed by atoms with van der Waals surface area (Å²) in [6, 6.07) is 4.28. The topological polar surface area (TPSA) is 90.6 Å². The molecule has 4 heterocycles. The average Bonchev–Trinajstić information content (AvgIpc) is 3.15. The van der Waals surface area contributed by atoms with Gasteiger partial charge in [0, 0.05) is 30.7 Å². The second-order valence-corrected chi connectivity index (χ2v) is 6.18. The Morgan fingerprint density at radius 1 is 1.38 bits per heavy atom. The zero-order valence-electron chi connectivity index (χ0n) is 13.3. The van der Waals surface area contributed by atoms with Crippen LogP contribution in [0.2, 0.25) is 0 Å². The van der Waals surface area contributed by atoms with E-state index >= 15 is 0 Å². The Morgan fingerprint density at radius 2 is 2.29 bits per heavy atom. The first-order chi connectivity index (χ1) is 11.8. The Bertz CT molecular complexity index is 934. The summed E-state index contributed by atoms with van der Waals surface area (Å²) in [5, 5.41) is 9.80. The van der Waals surface area contributed by atoms with Crippen molar-refractivity contribution in [1.82, 2.24) is 24.4 Å². The number of nitrogens with zero attached hydrogens (tertiary/aromatic N) is 5. The zero-order valence-corrected chi connectivity index (χ0v) is 13.3. The quantitative estimate of drug-likeness (QED) is 0.784. The first-order valence-corrected chi connectivity index (χ1v) is 8.21. The van der Waals surface area contributed by atoms with Crippen LogP contribution in [0.3, 0.4) is 0 Å². The molecule has 1 amide bonds. The van der Waals surface area contributed by atoms with E-state index < -0.39 is 0 Å². The molecule has 0 saturated carbocycles. The summed E-state index contributed by atoms with van der Waals surface area (Å²) < 4.78 is 2.23. The van der Waals surface area contributed by atoms with Crippen molar-refractivity contribution < 1.29 is 4.79 Å². The number of aromatic nitrogens is 4. The molecule has 1 fully saturated rings. The smallest absolute Gasteiger partial charge is 0.236 e. The van der Waals surface area contributed by atoms with Crippen LogP contribution in [-0.4, -0.2) is 43.4 Å². The van der Waals surface area contributed by atoms with Crippen molar-refractivity contribution in [3.63, 3.8) is 0 Å². The lowest BCUT2D eigenvalue weighted by Gasteiger charge is -2.20. The fraction of sp³-hybridized carbons (Fsp3) is 0.412.